The standard InChI is InChI=1S/C22H21F3N6O3/c1-4-16(32)30-6-5-11(9-30)31-22-17(21(26)27-10-28-22)20(29-31)13(23)7-12-18(24)14(33-2)8-15(34-3)19(12)25/h4,7-8,10-11H,1,5-6,9H2,2-3H3,(H2,26,27,28)/b13-7-/t11-/m0/s1. The highest BCUT2D eigenvalue weighted by atomic mass is 19.1. The average Bonchev–Trinajstić information content (AvgIpc) is 3.47. The highest BCUT2D eigenvalue weighted by Gasteiger charge is 2.31. The van der Waals surface area contributed by atoms with Crippen molar-refractivity contribution in [3.63, 3.8) is 0 Å². The fraction of sp³-hybridized carbons (Fsp3) is 0.273. The molecule has 0 unspecified atom stereocenters. The number of anilines is 1. The molecule has 1 amide bonds. The van der Waals surface area contributed by atoms with Crippen molar-refractivity contribution in [1.82, 2.24) is 24.6 Å². The van der Waals surface area contributed by atoms with Crippen molar-refractivity contribution in [2.45, 2.75) is 12.5 Å². The minimum Gasteiger partial charge on any atom is -0.494 e. The lowest BCUT2D eigenvalue weighted by molar-refractivity contribution is -0.125. The third-order valence-electron chi connectivity index (χ3n) is 5.62. The third-order valence-corrected chi connectivity index (χ3v) is 5.62. The predicted molar refractivity (Wildman–Crippen MR) is 119 cm³/mol. The molecule has 2 N–H and O–H groups in total. The van der Waals surface area contributed by atoms with E-state index >= 15 is 4.39 Å². The Morgan fingerprint density at radius 1 is 1.24 bits per heavy atom. The van der Waals surface area contributed by atoms with Crippen LogP contribution in [0.3, 0.4) is 0 Å². The molecule has 1 aliphatic heterocycles. The van der Waals surface area contributed by atoms with Gasteiger partial charge < -0.3 is 20.1 Å². The van der Waals surface area contributed by atoms with Crippen LogP contribution in [0.5, 0.6) is 11.5 Å². The molecule has 178 valence electrons. The van der Waals surface area contributed by atoms with Crippen molar-refractivity contribution >= 4 is 34.7 Å². The van der Waals surface area contributed by atoms with E-state index in [-0.39, 0.29) is 46.0 Å². The molecular weight excluding hydrogens is 453 g/mol. The molecule has 3 heterocycles. The molecular formula is C22H21F3N6O3. The molecule has 3 aromatic rings. The zero-order valence-corrected chi connectivity index (χ0v) is 18.4. The van der Waals surface area contributed by atoms with E-state index in [1.165, 1.54) is 31.3 Å². The first-order chi connectivity index (χ1) is 16.3. The lowest BCUT2D eigenvalue weighted by atomic mass is 10.1. The summed E-state index contributed by atoms with van der Waals surface area (Å²) in [5.41, 5.74) is 5.21. The average molecular weight is 474 g/mol. The molecule has 9 nitrogen and oxygen atoms in total. The first-order valence-electron chi connectivity index (χ1n) is 10.2. The number of aromatic nitrogens is 4. The zero-order valence-electron chi connectivity index (χ0n) is 18.4. The number of nitrogens with two attached hydrogens (primary N) is 1. The number of rotatable bonds is 6. The van der Waals surface area contributed by atoms with Gasteiger partial charge in [-0.1, -0.05) is 6.58 Å². The first kappa shape index (κ1) is 23.1. The van der Waals surface area contributed by atoms with Gasteiger partial charge in [0.2, 0.25) is 5.91 Å². The number of ether oxygens (including phenoxy) is 2. The Kier molecular flexibility index (Phi) is 6.14. The van der Waals surface area contributed by atoms with E-state index in [0.717, 1.165) is 6.07 Å². The smallest absolute Gasteiger partial charge is 0.246 e. The largest absolute Gasteiger partial charge is 0.494 e. The van der Waals surface area contributed by atoms with Crippen molar-refractivity contribution in [3.05, 3.63) is 47.9 Å². The van der Waals surface area contributed by atoms with E-state index in [0.29, 0.717) is 25.6 Å². The maximum absolute atomic E-state index is 15.5. The van der Waals surface area contributed by atoms with E-state index in [2.05, 4.69) is 21.6 Å². The molecule has 0 bridgehead atoms. The second-order valence-electron chi connectivity index (χ2n) is 7.50. The maximum Gasteiger partial charge on any atom is 0.246 e. The summed E-state index contributed by atoms with van der Waals surface area (Å²) in [5, 5.41) is 4.40. The van der Waals surface area contributed by atoms with E-state index in [4.69, 9.17) is 15.2 Å². The van der Waals surface area contributed by atoms with Gasteiger partial charge in [0.05, 0.1) is 31.2 Å². The highest BCUT2D eigenvalue weighted by molar-refractivity contribution is 5.97. The normalized spacial score (nSPS) is 16.2. The molecule has 1 saturated heterocycles. The topological polar surface area (TPSA) is 108 Å². The van der Waals surface area contributed by atoms with E-state index in [1.54, 1.807) is 4.90 Å². The molecule has 1 fully saturated rings. The number of hydrogen-bond donors (Lipinski definition) is 1. The quantitative estimate of drug-likeness (QED) is 0.547. The number of likely N-dealkylation sites (tertiary alicyclic amines) is 1. The number of benzene rings is 1. The number of nitrogens with zero attached hydrogens (tertiary/aromatic N) is 5. The lowest BCUT2D eigenvalue weighted by Gasteiger charge is -2.14. The van der Waals surface area contributed by atoms with Crippen molar-refractivity contribution in [2.75, 3.05) is 33.0 Å². The van der Waals surface area contributed by atoms with Crippen LogP contribution in [0, 0.1) is 11.6 Å². The number of fused-ring (bicyclic) bond motifs is 1. The SMILES string of the molecule is C=CC(=O)N1CC[C@H](n2nc(/C(F)=C/c3c(F)c(OC)cc(OC)c3F)c3c(N)ncnc32)C1. The Morgan fingerprint density at radius 2 is 1.91 bits per heavy atom. The monoisotopic (exact) mass is 474 g/mol. The molecule has 0 aliphatic carbocycles. The predicted octanol–water partition coefficient (Wildman–Crippen LogP) is 3.13. The number of methoxy groups -OCH3 is 2. The number of halogens is 3. The summed E-state index contributed by atoms with van der Waals surface area (Å²) < 4.78 is 56.3. The van der Waals surface area contributed by atoms with Crippen molar-refractivity contribution in [2.24, 2.45) is 0 Å². The van der Waals surface area contributed by atoms with Crippen LogP contribution in [0.1, 0.15) is 23.7 Å². The van der Waals surface area contributed by atoms with Crippen molar-refractivity contribution < 1.29 is 27.4 Å². The molecule has 1 aliphatic rings. The maximum atomic E-state index is 15.5. The van der Waals surface area contributed by atoms with Crippen molar-refractivity contribution in [3.8, 4) is 11.5 Å². The fourth-order valence-corrected chi connectivity index (χ4v) is 3.91. The van der Waals surface area contributed by atoms with Crippen LogP contribution in [0.2, 0.25) is 0 Å². The molecule has 0 spiro atoms. The summed E-state index contributed by atoms with van der Waals surface area (Å²) in [5.74, 6) is -4.25. The Bertz CT molecular complexity index is 1290. The van der Waals surface area contributed by atoms with Crippen LogP contribution >= 0.6 is 0 Å². The van der Waals surface area contributed by atoms with Gasteiger partial charge in [-0.15, -0.1) is 0 Å². The Morgan fingerprint density at radius 3 is 2.53 bits per heavy atom. The molecule has 34 heavy (non-hydrogen) atoms. The second-order valence-corrected chi connectivity index (χ2v) is 7.50. The van der Waals surface area contributed by atoms with Crippen LogP contribution in [0.15, 0.2) is 25.0 Å². The van der Waals surface area contributed by atoms with Gasteiger partial charge in [-0.05, 0) is 18.6 Å². The molecule has 0 saturated carbocycles. The van der Waals surface area contributed by atoms with Gasteiger partial charge in [-0.3, -0.25) is 4.79 Å². The minimum absolute atomic E-state index is 0.0593. The fourth-order valence-electron chi connectivity index (χ4n) is 3.91. The van der Waals surface area contributed by atoms with Crippen LogP contribution in [0.4, 0.5) is 19.0 Å². The Labute approximate surface area is 192 Å². The second kappa shape index (κ2) is 9.04. The van der Waals surface area contributed by atoms with Crippen LogP contribution in [-0.4, -0.2) is 57.9 Å². The number of carbonyl (C=O) groups excluding carboxylic acids is 1. The molecule has 12 heteroatoms. The van der Waals surface area contributed by atoms with E-state index in [9.17, 15) is 13.6 Å². The van der Waals surface area contributed by atoms with Gasteiger partial charge in [0.25, 0.3) is 0 Å². The molecule has 0 radical (unpaired) electrons. The number of hydrogen-bond acceptors (Lipinski definition) is 7. The van der Waals surface area contributed by atoms with Crippen LogP contribution < -0.4 is 15.2 Å². The molecule has 2 aromatic heterocycles. The number of amides is 1. The van der Waals surface area contributed by atoms with Gasteiger partial charge in [-0.2, -0.15) is 5.10 Å². The summed E-state index contributed by atoms with van der Waals surface area (Å²) >= 11 is 0. The minimum atomic E-state index is -1.11. The summed E-state index contributed by atoms with van der Waals surface area (Å²) in [6.45, 7) is 4.23. The van der Waals surface area contributed by atoms with E-state index in [1.807, 2.05) is 0 Å². The third kappa shape index (κ3) is 3.80. The number of nitrogen functional groups attached to an aromatic ring is 1. The van der Waals surface area contributed by atoms with Crippen LogP contribution in [-0.2, 0) is 4.79 Å². The highest BCUT2D eigenvalue weighted by Crippen LogP contribution is 2.36. The lowest BCUT2D eigenvalue weighted by Crippen LogP contribution is -2.27. The summed E-state index contributed by atoms with van der Waals surface area (Å²) in [7, 11) is 2.38. The summed E-state index contributed by atoms with van der Waals surface area (Å²) in [4.78, 5) is 21.6. The van der Waals surface area contributed by atoms with Crippen molar-refractivity contribution in [1.29, 1.82) is 0 Å². The van der Waals surface area contributed by atoms with Gasteiger partial charge in [0, 0.05) is 19.2 Å². The van der Waals surface area contributed by atoms with Gasteiger partial charge in [-0.25, -0.2) is 27.8 Å². The summed E-state index contributed by atoms with van der Waals surface area (Å²) in [6, 6.07) is 0.694. The molecule has 1 aromatic carbocycles. The van der Waals surface area contributed by atoms with E-state index < -0.39 is 23.0 Å². The number of carbonyl (C=O) groups is 1. The van der Waals surface area contributed by atoms with Gasteiger partial charge in [0.15, 0.2) is 34.6 Å². The first-order valence-corrected chi connectivity index (χ1v) is 10.2. The Hall–Kier alpha value is -4.09. The van der Waals surface area contributed by atoms with Gasteiger partial charge >= 0.3 is 0 Å². The summed E-state index contributed by atoms with van der Waals surface area (Å²) in [6.07, 6.45) is 3.59. The zero-order chi connectivity index (χ0) is 24.6. The molecule has 4 rings (SSSR count). The molecule has 1 atom stereocenters. The van der Waals surface area contributed by atoms with Crippen LogP contribution in [0.25, 0.3) is 22.9 Å². The van der Waals surface area contributed by atoms with Gasteiger partial charge in [0.1, 0.15) is 17.8 Å². The Balaban J connectivity index is 1.84.